The zero-order valence-electron chi connectivity index (χ0n) is 40.1. The van der Waals surface area contributed by atoms with Crippen molar-refractivity contribution in [3.8, 4) is 75.4 Å². The van der Waals surface area contributed by atoms with Crippen LogP contribution in [0.15, 0.2) is 127 Å². The molecule has 0 fully saturated rings. The van der Waals surface area contributed by atoms with Gasteiger partial charge in [0.25, 0.3) is 5.24 Å². The fraction of sp³-hybridized carbons (Fsp3) is 0.211. The van der Waals surface area contributed by atoms with Crippen molar-refractivity contribution in [3.05, 3.63) is 161 Å². The molecule has 2 N–H and O–H groups in total. The molecule has 0 saturated heterocycles. The Hall–Kier alpha value is -7.94. The summed E-state index contributed by atoms with van der Waals surface area (Å²) in [5, 5.41) is -0.476. The van der Waals surface area contributed by atoms with Crippen LogP contribution < -0.4 is 48.4 Å². The predicted molar refractivity (Wildman–Crippen MR) is 281 cm³/mol. The van der Waals surface area contributed by atoms with E-state index in [1.165, 1.54) is 0 Å². The summed E-state index contributed by atoms with van der Waals surface area (Å²) in [5.74, 6) is 16.8. The Balaban J connectivity index is 0.000000163. The van der Waals surface area contributed by atoms with Crippen LogP contribution in [0.1, 0.15) is 54.2 Å². The number of allylic oxidation sites excluding steroid dienone is 1. The first-order chi connectivity index (χ1) is 35.5. The molecule has 16 heteroatoms. The van der Waals surface area contributed by atoms with Gasteiger partial charge >= 0.3 is 0 Å². The minimum Gasteiger partial charge on any atom is -0.493 e. The number of halogens is 3. The maximum atomic E-state index is 12.2. The number of anilines is 1. The number of ether oxygens (including phenoxy) is 9. The van der Waals surface area contributed by atoms with Gasteiger partial charge in [-0.05, 0) is 139 Å². The van der Waals surface area contributed by atoms with Gasteiger partial charge < -0.3 is 48.4 Å². The second kappa shape index (κ2) is 28.2. The van der Waals surface area contributed by atoms with Crippen molar-refractivity contribution in [2.24, 2.45) is 0 Å². The first-order valence-electron chi connectivity index (χ1n) is 22.8. The molecule has 10 rings (SSSR count). The molecule has 6 aromatic rings. The number of para-hydroxylation sites is 3. The number of alkyl halides is 2. The van der Waals surface area contributed by atoms with Crippen LogP contribution in [0.25, 0.3) is 5.57 Å². The van der Waals surface area contributed by atoms with Gasteiger partial charge in [0.2, 0.25) is 26.2 Å². The Morgan fingerprint density at radius 1 is 0.575 bits per heavy atom. The summed E-state index contributed by atoms with van der Waals surface area (Å²) in [6.07, 6.45) is 2.31. The van der Waals surface area contributed by atoms with Crippen LogP contribution >= 0.6 is 34.8 Å². The van der Waals surface area contributed by atoms with Crippen LogP contribution in [0.2, 0.25) is 0 Å². The van der Waals surface area contributed by atoms with E-state index in [2.05, 4.69) is 23.7 Å². The zero-order valence-corrected chi connectivity index (χ0v) is 42.4. The summed E-state index contributed by atoms with van der Waals surface area (Å²) in [5.41, 5.74) is 12.2. The van der Waals surface area contributed by atoms with Crippen LogP contribution in [0, 0.1) is 23.7 Å². The van der Waals surface area contributed by atoms with Gasteiger partial charge in [0.1, 0.15) is 17.2 Å². The second-order valence-corrected chi connectivity index (χ2v) is 16.3. The minimum atomic E-state index is -0.670. The highest BCUT2D eigenvalue weighted by atomic mass is 35.5. The van der Waals surface area contributed by atoms with Gasteiger partial charge in [0.15, 0.2) is 40.3 Å². The van der Waals surface area contributed by atoms with Gasteiger partial charge in [-0.25, -0.2) is 0 Å². The smallest absolute Gasteiger partial charge is 0.296 e. The molecule has 0 unspecified atom stereocenters. The third kappa shape index (κ3) is 16.0. The lowest BCUT2D eigenvalue weighted by molar-refractivity contribution is -0.114. The molecule has 4 aliphatic rings. The van der Waals surface area contributed by atoms with E-state index < -0.39 is 5.24 Å². The molecule has 73 heavy (non-hydrogen) atoms. The number of hydrogen-bond donors (Lipinski definition) is 1. The van der Waals surface area contributed by atoms with Crippen molar-refractivity contribution in [3.63, 3.8) is 0 Å². The normalized spacial score (nSPS) is 12.2. The Morgan fingerprint density at radius 3 is 1.64 bits per heavy atom. The summed E-state index contributed by atoms with van der Waals surface area (Å²) in [6, 6.07) is 37.1. The van der Waals surface area contributed by atoms with Crippen LogP contribution in [0.4, 0.5) is 5.69 Å². The van der Waals surface area contributed by atoms with E-state index in [1.807, 2.05) is 112 Å². The molecular formula is C57H50Cl3NO12. The van der Waals surface area contributed by atoms with Crippen LogP contribution in [0.5, 0.6) is 51.7 Å². The fourth-order valence-corrected chi connectivity index (χ4v) is 7.25. The molecule has 376 valence electrons. The summed E-state index contributed by atoms with van der Waals surface area (Å²) in [4.78, 5) is 34.7. The maximum Gasteiger partial charge on any atom is 0.296 e. The number of carbonyl (C=O) groups excluding carboxylic acids is 3. The first kappa shape index (κ1) is 54.4. The summed E-state index contributed by atoms with van der Waals surface area (Å²) in [6.45, 7) is 8.19. The van der Waals surface area contributed by atoms with E-state index in [9.17, 15) is 14.4 Å². The number of carbonyl (C=O) groups is 3. The third-order valence-electron chi connectivity index (χ3n) is 10.2. The molecule has 13 nitrogen and oxygen atoms in total. The average molecular weight is 1050 g/mol. The molecule has 0 bridgehead atoms. The standard InChI is InChI=1S/2C19H16O4.C11H9ClO2.C7H7NO2.CH2Cl2/c1-2-21-17-6-4-3-5-14(17)16-9-13(20)7-12-8-18-19(10-15(12)16)23-11-22-18;1-2-21-17-6-4-3-5-15(17)8-9-16(20)11-14-7-10-18-19(12-14)23-13-22-18;1-2-14-10-6-4-3-5-9(10)7-8-11(12)13;8-5-1-2-6-7(3-5)10-4-9-6;2-1-3/h3-6,8-10H,2,7,11H2,1H3;3-7,10,12H,2,11,13H2,1H3;3-6H,2H2,1H3;1-3H,4,8H2;1H2. The molecule has 0 spiro atoms. The summed E-state index contributed by atoms with van der Waals surface area (Å²) >= 11 is 14.6. The van der Waals surface area contributed by atoms with Crippen molar-refractivity contribution >= 4 is 62.9 Å². The molecule has 6 aromatic carbocycles. The number of ketones is 2. The maximum absolute atomic E-state index is 12.2. The van der Waals surface area contributed by atoms with Gasteiger partial charge in [0, 0.05) is 30.2 Å². The second-order valence-electron chi connectivity index (χ2n) is 15.1. The van der Waals surface area contributed by atoms with Crippen LogP contribution in [-0.2, 0) is 27.2 Å². The lowest BCUT2D eigenvalue weighted by atomic mass is 9.85. The molecule has 1 aliphatic carbocycles. The minimum absolute atomic E-state index is 0.0812. The predicted octanol–water partition coefficient (Wildman–Crippen LogP) is 11.0. The Kier molecular flexibility index (Phi) is 21.0. The molecule has 3 heterocycles. The monoisotopic (exact) mass is 1050 g/mol. The molecule has 0 radical (unpaired) electrons. The number of nitrogens with two attached hydrogens (primary N) is 1. The number of rotatable bonds is 9. The highest BCUT2D eigenvalue weighted by molar-refractivity contribution is 6.68. The Morgan fingerprint density at radius 2 is 1.05 bits per heavy atom. The van der Waals surface area contributed by atoms with Crippen molar-refractivity contribution in [1.82, 2.24) is 0 Å². The van der Waals surface area contributed by atoms with E-state index >= 15 is 0 Å². The average Bonchev–Trinajstić information content (AvgIpc) is 4.18. The van der Waals surface area contributed by atoms with E-state index in [0.717, 1.165) is 50.8 Å². The van der Waals surface area contributed by atoms with Gasteiger partial charge in [0.05, 0.1) is 36.3 Å². The zero-order chi connectivity index (χ0) is 52.0. The van der Waals surface area contributed by atoms with Crippen molar-refractivity contribution < 1.29 is 57.0 Å². The Bertz CT molecular complexity index is 3060. The SMILES string of the molecule is CCOc1ccccc1C#CC(=O)Cc1ccc2c(c1)OCO2.CCOc1ccccc1C#CC(=O)Cl.CCOc1ccccc1C1=CC(=O)Cc2cc3c(cc21)OCO3.ClCCl.Nc1ccc2c(c1)OCO2. The molecule has 0 aromatic heterocycles. The lowest BCUT2D eigenvalue weighted by Gasteiger charge is -2.20. The van der Waals surface area contributed by atoms with Gasteiger partial charge in [-0.2, -0.15) is 0 Å². The molecule has 0 amide bonds. The van der Waals surface area contributed by atoms with Crippen molar-refractivity contribution in [1.29, 1.82) is 0 Å². The van der Waals surface area contributed by atoms with E-state index in [1.54, 1.807) is 36.4 Å². The molecule has 3 aliphatic heterocycles. The van der Waals surface area contributed by atoms with Crippen LogP contribution in [0.3, 0.4) is 0 Å². The van der Waals surface area contributed by atoms with E-state index in [0.29, 0.717) is 78.6 Å². The number of Topliss-reactive ketones (excluding diaryl/α,β-unsaturated/α-hetero) is 1. The van der Waals surface area contributed by atoms with E-state index in [4.69, 9.17) is 83.2 Å². The third-order valence-corrected chi connectivity index (χ3v) is 10.3. The van der Waals surface area contributed by atoms with Crippen molar-refractivity contribution in [2.45, 2.75) is 33.6 Å². The van der Waals surface area contributed by atoms with Crippen molar-refractivity contribution in [2.75, 3.05) is 51.3 Å². The summed E-state index contributed by atoms with van der Waals surface area (Å²) < 4.78 is 48.2. The molecule has 0 saturated carbocycles. The highest BCUT2D eigenvalue weighted by Crippen LogP contribution is 2.42. The number of fused-ring (bicyclic) bond motifs is 4. The lowest BCUT2D eigenvalue weighted by Crippen LogP contribution is -2.10. The highest BCUT2D eigenvalue weighted by Gasteiger charge is 2.26. The topological polar surface area (TPSA) is 160 Å². The first-order valence-corrected chi connectivity index (χ1v) is 24.2. The Labute approximate surface area is 438 Å². The number of nitrogen functional groups attached to an aromatic ring is 1. The largest absolute Gasteiger partial charge is 0.493 e. The summed E-state index contributed by atoms with van der Waals surface area (Å²) in [7, 11) is 0. The molecular weight excluding hydrogens is 997 g/mol. The number of benzene rings is 6. The van der Waals surface area contributed by atoms with Gasteiger partial charge in [-0.15, -0.1) is 23.2 Å². The van der Waals surface area contributed by atoms with Gasteiger partial charge in [-0.1, -0.05) is 60.4 Å². The van der Waals surface area contributed by atoms with Crippen LogP contribution in [-0.4, -0.2) is 62.3 Å². The quantitative estimate of drug-likeness (QED) is 0.0631. The fourth-order valence-electron chi connectivity index (χ4n) is 7.20. The number of hydrogen-bond acceptors (Lipinski definition) is 13. The molecule has 0 atom stereocenters. The van der Waals surface area contributed by atoms with E-state index in [-0.39, 0.29) is 36.9 Å². The van der Waals surface area contributed by atoms with Gasteiger partial charge in [-0.3, -0.25) is 14.4 Å².